The number of aryl methyl sites for hydroxylation is 1. The van der Waals surface area contributed by atoms with E-state index in [1.807, 2.05) is 0 Å². The predicted octanol–water partition coefficient (Wildman–Crippen LogP) is 3.47. The Hall–Kier alpha value is -1.83. The molecule has 1 saturated heterocycles. The van der Waals surface area contributed by atoms with Crippen LogP contribution in [0.3, 0.4) is 0 Å². The van der Waals surface area contributed by atoms with E-state index in [4.69, 9.17) is 0 Å². The number of hydrogen-bond donors (Lipinski definition) is 2. The maximum absolute atomic E-state index is 13.2. The first kappa shape index (κ1) is 17.5. The number of likely N-dealkylation sites (tertiary alicyclic amines) is 1. The Bertz CT molecular complexity index is 577. The first-order chi connectivity index (χ1) is 10.7. The molecule has 0 aromatic heterocycles. The second-order valence-corrected chi connectivity index (χ2v) is 5.71. The number of alkyl halides is 3. The van der Waals surface area contributed by atoms with Crippen LogP contribution < -0.4 is 5.32 Å². The van der Waals surface area contributed by atoms with Crippen molar-refractivity contribution in [3.05, 3.63) is 35.1 Å². The maximum Gasteiger partial charge on any atom is 0.407 e. The molecule has 2 N–H and O–H groups in total. The van der Waals surface area contributed by atoms with Gasteiger partial charge >= 0.3 is 12.3 Å². The van der Waals surface area contributed by atoms with Gasteiger partial charge in [-0.1, -0.05) is 6.07 Å². The third-order valence-corrected chi connectivity index (χ3v) is 4.03. The van der Waals surface area contributed by atoms with Gasteiger partial charge in [-0.15, -0.1) is 0 Å². The zero-order valence-corrected chi connectivity index (χ0v) is 12.5. The average Bonchev–Trinajstić information content (AvgIpc) is 2.44. The summed E-state index contributed by atoms with van der Waals surface area (Å²) >= 11 is 0. The highest BCUT2D eigenvalue weighted by Crippen LogP contribution is 2.33. The molecular formula is C15H18F4N2O2. The van der Waals surface area contributed by atoms with Gasteiger partial charge < -0.3 is 15.3 Å². The number of carbonyl (C=O) groups is 1. The first-order valence-corrected chi connectivity index (χ1v) is 7.23. The van der Waals surface area contributed by atoms with Gasteiger partial charge in [0.1, 0.15) is 5.82 Å². The number of nitrogens with one attached hydrogen (secondary N) is 1. The average molecular weight is 334 g/mol. The van der Waals surface area contributed by atoms with E-state index in [0.717, 1.165) is 0 Å². The number of hydrogen-bond acceptors (Lipinski definition) is 2. The summed E-state index contributed by atoms with van der Waals surface area (Å²) in [5, 5.41) is 11.7. The van der Waals surface area contributed by atoms with E-state index in [2.05, 4.69) is 5.32 Å². The fraction of sp³-hybridized carbons (Fsp3) is 0.533. The molecule has 1 heterocycles. The number of rotatable bonds is 3. The summed E-state index contributed by atoms with van der Waals surface area (Å²) in [5.74, 6) is -0.435. The lowest BCUT2D eigenvalue weighted by Crippen LogP contribution is -2.48. The van der Waals surface area contributed by atoms with Gasteiger partial charge in [0, 0.05) is 12.6 Å². The van der Waals surface area contributed by atoms with Crippen molar-refractivity contribution in [2.75, 3.05) is 13.1 Å². The molecule has 1 aromatic carbocycles. The molecule has 0 unspecified atom stereocenters. The molecule has 0 saturated carbocycles. The Morgan fingerprint density at radius 1 is 1.43 bits per heavy atom. The minimum Gasteiger partial charge on any atom is -0.465 e. The van der Waals surface area contributed by atoms with Gasteiger partial charge in [0.2, 0.25) is 0 Å². The van der Waals surface area contributed by atoms with Crippen LogP contribution in [-0.4, -0.2) is 41.4 Å². The van der Waals surface area contributed by atoms with Gasteiger partial charge in [0.05, 0.1) is 12.6 Å². The van der Waals surface area contributed by atoms with Gasteiger partial charge in [-0.05, 0) is 43.0 Å². The monoisotopic (exact) mass is 334 g/mol. The Labute approximate surface area is 131 Å². The summed E-state index contributed by atoms with van der Waals surface area (Å²) in [7, 11) is 0. The third-order valence-electron chi connectivity index (χ3n) is 4.03. The van der Waals surface area contributed by atoms with Crippen LogP contribution in [0.5, 0.6) is 0 Å². The second-order valence-electron chi connectivity index (χ2n) is 5.71. The Balaban J connectivity index is 2.18. The van der Waals surface area contributed by atoms with E-state index in [9.17, 15) is 27.5 Å². The quantitative estimate of drug-likeness (QED) is 0.832. The van der Waals surface area contributed by atoms with E-state index in [-0.39, 0.29) is 13.0 Å². The van der Waals surface area contributed by atoms with E-state index in [1.165, 1.54) is 23.1 Å². The van der Waals surface area contributed by atoms with Gasteiger partial charge in [-0.2, -0.15) is 13.2 Å². The number of nitrogens with zero attached hydrogens (tertiary/aromatic N) is 1. The number of benzene rings is 1. The van der Waals surface area contributed by atoms with Crippen LogP contribution in [0.25, 0.3) is 0 Å². The lowest BCUT2D eigenvalue weighted by atomic mass is 9.89. The normalized spacial score (nSPS) is 22.2. The topological polar surface area (TPSA) is 52.6 Å². The maximum atomic E-state index is 13.2. The molecule has 128 valence electrons. The molecular weight excluding hydrogens is 316 g/mol. The molecule has 0 aliphatic carbocycles. The highest BCUT2D eigenvalue weighted by molar-refractivity contribution is 5.66. The van der Waals surface area contributed by atoms with Crippen molar-refractivity contribution in [2.45, 2.75) is 38.0 Å². The molecule has 2 atom stereocenters. The highest BCUT2D eigenvalue weighted by Gasteiger charge is 2.35. The van der Waals surface area contributed by atoms with Gasteiger partial charge in [-0.3, -0.25) is 0 Å². The Kier molecular flexibility index (Phi) is 5.13. The lowest BCUT2D eigenvalue weighted by molar-refractivity contribution is -0.127. The largest absolute Gasteiger partial charge is 0.465 e. The van der Waals surface area contributed by atoms with Crippen molar-refractivity contribution in [1.29, 1.82) is 0 Å². The molecule has 8 heteroatoms. The summed E-state index contributed by atoms with van der Waals surface area (Å²) in [6.45, 7) is 0.678. The van der Waals surface area contributed by atoms with Gasteiger partial charge in [0.15, 0.2) is 0 Å². The number of piperidine rings is 1. The minimum atomic E-state index is -4.31. The van der Waals surface area contributed by atoms with Crippen molar-refractivity contribution < 1.29 is 27.5 Å². The van der Waals surface area contributed by atoms with Crippen LogP contribution in [0.4, 0.5) is 22.4 Å². The highest BCUT2D eigenvalue weighted by atomic mass is 19.4. The van der Waals surface area contributed by atoms with Crippen molar-refractivity contribution >= 4 is 6.09 Å². The van der Waals surface area contributed by atoms with Gasteiger partial charge in [0.25, 0.3) is 0 Å². The van der Waals surface area contributed by atoms with Crippen LogP contribution in [0.1, 0.15) is 30.0 Å². The number of carboxylic acid groups (broad SMARTS) is 1. The van der Waals surface area contributed by atoms with Crippen LogP contribution in [0.2, 0.25) is 0 Å². The summed E-state index contributed by atoms with van der Waals surface area (Å²) in [4.78, 5) is 12.6. The van der Waals surface area contributed by atoms with E-state index >= 15 is 0 Å². The van der Waals surface area contributed by atoms with E-state index in [0.29, 0.717) is 17.5 Å². The molecule has 1 fully saturated rings. The zero-order valence-electron chi connectivity index (χ0n) is 12.5. The van der Waals surface area contributed by atoms with E-state index in [1.54, 1.807) is 6.92 Å². The smallest absolute Gasteiger partial charge is 0.407 e. The van der Waals surface area contributed by atoms with Crippen LogP contribution >= 0.6 is 0 Å². The number of amides is 1. The molecule has 1 aromatic rings. The van der Waals surface area contributed by atoms with Crippen LogP contribution in [-0.2, 0) is 0 Å². The molecule has 0 bridgehead atoms. The van der Waals surface area contributed by atoms with Crippen molar-refractivity contribution in [1.82, 2.24) is 10.2 Å². The second kappa shape index (κ2) is 6.74. The standard InChI is InChI=1S/C15H18F4N2O2/c1-9-6-10(16)2-3-12(9)13-7-11(20-8-15(17,18)19)4-5-21(13)14(22)23/h2-3,6,11,13,20H,4-5,7-8H2,1H3,(H,22,23)/t11-,13+/m0/s1. The Morgan fingerprint density at radius 2 is 2.13 bits per heavy atom. The van der Waals surface area contributed by atoms with Crippen LogP contribution in [0, 0.1) is 12.7 Å². The molecule has 1 aliphatic heterocycles. The molecule has 1 amide bonds. The first-order valence-electron chi connectivity index (χ1n) is 7.23. The molecule has 4 nitrogen and oxygen atoms in total. The lowest BCUT2D eigenvalue weighted by Gasteiger charge is -2.39. The Morgan fingerprint density at radius 3 is 2.70 bits per heavy atom. The van der Waals surface area contributed by atoms with Crippen molar-refractivity contribution in [3.63, 3.8) is 0 Å². The summed E-state index contributed by atoms with van der Waals surface area (Å²) in [6.07, 6.45) is -4.92. The molecule has 0 radical (unpaired) electrons. The van der Waals surface area contributed by atoms with E-state index < -0.39 is 36.7 Å². The summed E-state index contributed by atoms with van der Waals surface area (Å²) < 4.78 is 50.2. The fourth-order valence-electron chi connectivity index (χ4n) is 2.95. The predicted molar refractivity (Wildman–Crippen MR) is 75.7 cm³/mol. The van der Waals surface area contributed by atoms with Crippen molar-refractivity contribution in [3.8, 4) is 0 Å². The SMILES string of the molecule is Cc1cc(F)ccc1[C@H]1C[C@@H](NCC(F)(F)F)CCN1C(=O)O. The molecule has 23 heavy (non-hydrogen) atoms. The fourth-order valence-corrected chi connectivity index (χ4v) is 2.95. The number of halogens is 4. The summed E-state index contributed by atoms with van der Waals surface area (Å²) in [5.41, 5.74) is 1.20. The molecule has 0 spiro atoms. The molecule has 1 aliphatic rings. The zero-order chi connectivity index (χ0) is 17.2. The summed E-state index contributed by atoms with van der Waals surface area (Å²) in [6, 6.07) is 2.99. The van der Waals surface area contributed by atoms with Gasteiger partial charge in [-0.25, -0.2) is 9.18 Å². The van der Waals surface area contributed by atoms with Crippen molar-refractivity contribution in [2.24, 2.45) is 0 Å². The molecule has 2 rings (SSSR count). The third kappa shape index (κ3) is 4.57. The van der Waals surface area contributed by atoms with Crippen LogP contribution in [0.15, 0.2) is 18.2 Å². The minimum absolute atomic E-state index is 0.131.